The van der Waals surface area contributed by atoms with Gasteiger partial charge in [0.2, 0.25) is 0 Å². The van der Waals surface area contributed by atoms with Crippen LogP contribution < -0.4 is 5.32 Å². The molecule has 1 aromatic rings. The van der Waals surface area contributed by atoms with E-state index in [1.165, 1.54) is 0 Å². The first-order chi connectivity index (χ1) is 7.78. The summed E-state index contributed by atoms with van der Waals surface area (Å²) in [5.74, 6) is 1.06. The molecule has 0 spiro atoms. The van der Waals surface area contributed by atoms with Crippen LogP contribution in [0.15, 0.2) is 22.8 Å². The van der Waals surface area contributed by atoms with E-state index in [1.807, 2.05) is 12.1 Å². The number of nitrogens with one attached hydrogen (secondary N) is 1. The number of ether oxygens (including phenoxy) is 1. The molecule has 1 aliphatic carbocycles. The maximum absolute atomic E-state index is 5.54. The molecule has 2 rings (SSSR count). The molecule has 0 saturated heterocycles. The molecule has 1 atom stereocenters. The Hall–Kier alpha value is -0.800. The van der Waals surface area contributed by atoms with Gasteiger partial charge in [-0.15, -0.1) is 0 Å². The van der Waals surface area contributed by atoms with Crippen molar-refractivity contribution in [3.05, 3.63) is 24.2 Å². The molecule has 1 aromatic heterocycles. The third-order valence-electron chi connectivity index (χ3n) is 3.10. The Kier molecular flexibility index (Phi) is 4.02. The molecule has 1 fully saturated rings. The number of hydrogen-bond acceptors (Lipinski definition) is 3. The SMILES string of the molecule is CCOC1CC(NC(C)Cc2ccco2)C1. The van der Waals surface area contributed by atoms with Gasteiger partial charge in [0.25, 0.3) is 0 Å². The van der Waals surface area contributed by atoms with Gasteiger partial charge in [0.15, 0.2) is 0 Å². The van der Waals surface area contributed by atoms with Gasteiger partial charge in [0, 0.05) is 25.1 Å². The first kappa shape index (κ1) is 11.7. The van der Waals surface area contributed by atoms with E-state index in [4.69, 9.17) is 9.15 Å². The van der Waals surface area contributed by atoms with E-state index in [2.05, 4.69) is 19.2 Å². The first-order valence-corrected chi connectivity index (χ1v) is 6.18. The summed E-state index contributed by atoms with van der Waals surface area (Å²) in [7, 11) is 0. The minimum Gasteiger partial charge on any atom is -0.469 e. The summed E-state index contributed by atoms with van der Waals surface area (Å²) in [4.78, 5) is 0. The van der Waals surface area contributed by atoms with E-state index >= 15 is 0 Å². The van der Waals surface area contributed by atoms with Crippen LogP contribution in [0.5, 0.6) is 0 Å². The Morgan fingerprint density at radius 1 is 1.56 bits per heavy atom. The van der Waals surface area contributed by atoms with Gasteiger partial charge in [0.05, 0.1) is 12.4 Å². The summed E-state index contributed by atoms with van der Waals surface area (Å²) in [5.41, 5.74) is 0. The molecule has 3 heteroatoms. The standard InChI is InChI=1S/C13H21NO2/c1-3-15-13-8-11(9-13)14-10(2)7-12-5-4-6-16-12/h4-6,10-11,13-14H,3,7-9H2,1-2H3. The van der Waals surface area contributed by atoms with Gasteiger partial charge in [-0.05, 0) is 38.8 Å². The zero-order valence-corrected chi connectivity index (χ0v) is 10.1. The maximum Gasteiger partial charge on any atom is 0.105 e. The lowest BCUT2D eigenvalue weighted by molar-refractivity contribution is -0.0120. The smallest absolute Gasteiger partial charge is 0.105 e. The average Bonchev–Trinajstić information content (AvgIpc) is 2.67. The summed E-state index contributed by atoms with van der Waals surface area (Å²) in [5, 5.41) is 3.60. The zero-order valence-electron chi connectivity index (χ0n) is 10.1. The fourth-order valence-corrected chi connectivity index (χ4v) is 2.27. The van der Waals surface area contributed by atoms with Crippen LogP contribution in [0.4, 0.5) is 0 Å². The van der Waals surface area contributed by atoms with Crippen molar-refractivity contribution in [1.82, 2.24) is 5.32 Å². The second-order valence-electron chi connectivity index (χ2n) is 4.60. The highest BCUT2D eigenvalue weighted by Gasteiger charge is 2.30. The molecule has 1 heterocycles. The van der Waals surface area contributed by atoms with E-state index in [0.29, 0.717) is 18.2 Å². The van der Waals surface area contributed by atoms with E-state index < -0.39 is 0 Å². The van der Waals surface area contributed by atoms with Gasteiger partial charge >= 0.3 is 0 Å². The summed E-state index contributed by atoms with van der Waals surface area (Å²) in [6.07, 6.45) is 5.48. The Balaban J connectivity index is 1.64. The quantitative estimate of drug-likeness (QED) is 0.804. The Morgan fingerprint density at radius 2 is 2.38 bits per heavy atom. The third-order valence-corrected chi connectivity index (χ3v) is 3.10. The van der Waals surface area contributed by atoms with Gasteiger partial charge in [0.1, 0.15) is 5.76 Å². The monoisotopic (exact) mass is 223 g/mol. The zero-order chi connectivity index (χ0) is 11.4. The van der Waals surface area contributed by atoms with Crippen molar-refractivity contribution in [3.63, 3.8) is 0 Å². The lowest BCUT2D eigenvalue weighted by Gasteiger charge is -2.37. The van der Waals surface area contributed by atoms with Crippen LogP contribution in [0.3, 0.4) is 0 Å². The number of hydrogen-bond donors (Lipinski definition) is 1. The molecule has 0 bridgehead atoms. The topological polar surface area (TPSA) is 34.4 Å². The minimum atomic E-state index is 0.471. The second kappa shape index (κ2) is 5.51. The summed E-state index contributed by atoms with van der Waals surface area (Å²) in [6, 6.07) is 5.07. The van der Waals surface area contributed by atoms with Crippen LogP contribution in [-0.2, 0) is 11.2 Å². The molecule has 90 valence electrons. The van der Waals surface area contributed by atoms with Crippen molar-refractivity contribution >= 4 is 0 Å². The fourth-order valence-electron chi connectivity index (χ4n) is 2.27. The van der Waals surface area contributed by atoms with Gasteiger partial charge in [-0.1, -0.05) is 0 Å². The van der Waals surface area contributed by atoms with E-state index in [-0.39, 0.29) is 0 Å². The predicted octanol–water partition coefficient (Wildman–Crippen LogP) is 2.37. The first-order valence-electron chi connectivity index (χ1n) is 6.18. The molecular weight excluding hydrogens is 202 g/mol. The lowest BCUT2D eigenvalue weighted by Crippen LogP contribution is -2.49. The Labute approximate surface area is 97.2 Å². The van der Waals surface area contributed by atoms with Crippen LogP contribution in [0.1, 0.15) is 32.4 Å². The fraction of sp³-hybridized carbons (Fsp3) is 0.692. The molecular formula is C13H21NO2. The summed E-state index contributed by atoms with van der Waals surface area (Å²) in [6.45, 7) is 5.09. The van der Waals surface area contributed by atoms with Gasteiger partial charge in [-0.25, -0.2) is 0 Å². The third kappa shape index (κ3) is 3.09. The second-order valence-corrected chi connectivity index (χ2v) is 4.60. The van der Waals surface area contributed by atoms with Crippen molar-refractivity contribution in [1.29, 1.82) is 0 Å². The Morgan fingerprint density at radius 3 is 3.00 bits per heavy atom. The van der Waals surface area contributed by atoms with Crippen molar-refractivity contribution in [2.45, 2.75) is 51.3 Å². The van der Waals surface area contributed by atoms with Crippen LogP contribution in [0, 0.1) is 0 Å². The maximum atomic E-state index is 5.54. The highest BCUT2D eigenvalue weighted by Crippen LogP contribution is 2.23. The van der Waals surface area contributed by atoms with Crippen molar-refractivity contribution < 1.29 is 9.15 Å². The van der Waals surface area contributed by atoms with Gasteiger partial charge < -0.3 is 14.5 Å². The van der Waals surface area contributed by atoms with Crippen molar-refractivity contribution in [2.75, 3.05) is 6.61 Å². The Bertz CT molecular complexity index is 291. The molecule has 1 N–H and O–H groups in total. The molecule has 0 aliphatic heterocycles. The highest BCUT2D eigenvalue weighted by atomic mass is 16.5. The van der Waals surface area contributed by atoms with E-state index in [9.17, 15) is 0 Å². The molecule has 0 radical (unpaired) electrons. The predicted molar refractivity (Wildman–Crippen MR) is 63.4 cm³/mol. The van der Waals surface area contributed by atoms with Crippen LogP contribution >= 0.6 is 0 Å². The van der Waals surface area contributed by atoms with Crippen LogP contribution in [-0.4, -0.2) is 24.8 Å². The highest BCUT2D eigenvalue weighted by molar-refractivity contribution is 5.00. The lowest BCUT2D eigenvalue weighted by atomic mass is 9.88. The number of furan rings is 1. The average molecular weight is 223 g/mol. The molecule has 1 unspecified atom stereocenters. The van der Waals surface area contributed by atoms with Crippen LogP contribution in [0.2, 0.25) is 0 Å². The van der Waals surface area contributed by atoms with Crippen molar-refractivity contribution in [2.24, 2.45) is 0 Å². The van der Waals surface area contributed by atoms with Gasteiger partial charge in [-0.2, -0.15) is 0 Å². The van der Waals surface area contributed by atoms with Crippen molar-refractivity contribution in [3.8, 4) is 0 Å². The molecule has 0 aromatic carbocycles. The summed E-state index contributed by atoms with van der Waals surface area (Å²) >= 11 is 0. The molecule has 1 aliphatic rings. The molecule has 3 nitrogen and oxygen atoms in total. The minimum absolute atomic E-state index is 0.471. The van der Waals surface area contributed by atoms with Crippen LogP contribution in [0.25, 0.3) is 0 Å². The molecule has 16 heavy (non-hydrogen) atoms. The summed E-state index contributed by atoms with van der Waals surface area (Å²) < 4.78 is 10.9. The number of rotatable bonds is 6. The molecule has 0 amide bonds. The molecule has 1 saturated carbocycles. The normalized spacial score (nSPS) is 26.4. The largest absolute Gasteiger partial charge is 0.469 e. The van der Waals surface area contributed by atoms with Gasteiger partial charge in [-0.3, -0.25) is 0 Å². The van der Waals surface area contributed by atoms with E-state index in [0.717, 1.165) is 31.6 Å². The van der Waals surface area contributed by atoms with E-state index in [1.54, 1.807) is 6.26 Å².